The van der Waals surface area contributed by atoms with Crippen LogP contribution >= 0.6 is 0 Å². The Balaban J connectivity index is 2.16. The minimum absolute atomic E-state index is 0.193. The Morgan fingerprint density at radius 3 is 2.37 bits per heavy atom. The van der Waals surface area contributed by atoms with Crippen LogP contribution in [0.5, 0.6) is 0 Å². The molecule has 0 amide bonds. The Hall–Kier alpha value is -1.61. The van der Waals surface area contributed by atoms with Gasteiger partial charge in [-0.1, -0.05) is 39.8 Å². The number of benzene rings is 1. The Morgan fingerprint density at radius 2 is 1.79 bits per heavy atom. The van der Waals surface area contributed by atoms with Gasteiger partial charge in [0.2, 0.25) is 0 Å². The molecule has 3 nitrogen and oxygen atoms in total. The van der Waals surface area contributed by atoms with E-state index in [1.807, 2.05) is 10.9 Å². The van der Waals surface area contributed by atoms with Gasteiger partial charge in [0.15, 0.2) is 0 Å². The van der Waals surface area contributed by atoms with Crippen LogP contribution in [0.3, 0.4) is 0 Å². The molecule has 0 atom stereocenters. The summed E-state index contributed by atoms with van der Waals surface area (Å²) in [4.78, 5) is 0. The van der Waals surface area contributed by atoms with Crippen LogP contribution in [0.4, 0.5) is 0 Å². The van der Waals surface area contributed by atoms with Crippen LogP contribution in [0.15, 0.2) is 36.5 Å². The van der Waals surface area contributed by atoms with Gasteiger partial charge < -0.3 is 5.32 Å². The maximum Gasteiger partial charge on any atom is 0.0766 e. The predicted molar refractivity (Wildman–Crippen MR) is 79.6 cm³/mol. The van der Waals surface area contributed by atoms with Crippen LogP contribution in [0, 0.1) is 0 Å². The summed E-state index contributed by atoms with van der Waals surface area (Å²) in [5.41, 5.74) is 3.72. The number of nitrogens with one attached hydrogen (secondary N) is 1. The highest BCUT2D eigenvalue weighted by Crippen LogP contribution is 2.23. The zero-order valence-electron chi connectivity index (χ0n) is 12.3. The van der Waals surface area contributed by atoms with Crippen LogP contribution in [0.1, 0.15) is 39.0 Å². The SMILES string of the molecule is CCNCc1ccn(-c2ccc(C(C)(C)C)cc2)n1. The number of nitrogens with zero attached hydrogens (tertiary/aromatic N) is 2. The molecule has 19 heavy (non-hydrogen) atoms. The first-order valence-electron chi connectivity index (χ1n) is 6.87. The van der Waals surface area contributed by atoms with Crippen LogP contribution < -0.4 is 5.32 Å². The lowest BCUT2D eigenvalue weighted by Crippen LogP contribution is -2.12. The summed E-state index contributed by atoms with van der Waals surface area (Å²) in [6.07, 6.45) is 2.01. The molecule has 0 spiro atoms. The molecule has 0 aliphatic heterocycles. The highest BCUT2D eigenvalue weighted by Gasteiger charge is 2.13. The van der Waals surface area contributed by atoms with Crippen molar-refractivity contribution in [2.45, 2.75) is 39.7 Å². The zero-order valence-corrected chi connectivity index (χ0v) is 12.3. The van der Waals surface area contributed by atoms with Gasteiger partial charge >= 0.3 is 0 Å². The average Bonchev–Trinajstić information content (AvgIpc) is 2.84. The van der Waals surface area contributed by atoms with E-state index < -0.39 is 0 Å². The van der Waals surface area contributed by atoms with E-state index in [0.29, 0.717) is 0 Å². The summed E-state index contributed by atoms with van der Waals surface area (Å²) in [6.45, 7) is 10.6. The van der Waals surface area contributed by atoms with Gasteiger partial charge in [-0.15, -0.1) is 0 Å². The van der Waals surface area contributed by atoms with Gasteiger partial charge in [0.1, 0.15) is 0 Å². The molecule has 0 radical (unpaired) electrons. The van der Waals surface area contributed by atoms with Crippen molar-refractivity contribution in [3.63, 3.8) is 0 Å². The minimum Gasteiger partial charge on any atom is -0.311 e. The van der Waals surface area contributed by atoms with E-state index in [1.54, 1.807) is 0 Å². The summed E-state index contributed by atoms with van der Waals surface area (Å²) in [5.74, 6) is 0. The van der Waals surface area contributed by atoms with Gasteiger partial charge in [0.25, 0.3) is 0 Å². The molecule has 0 aliphatic rings. The second-order valence-corrected chi connectivity index (χ2v) is 5.83. The Labute approximate surface area is 115 Å². The first-order chi connectivity index (χ1) is 9.00. The lowest BCUT2D eigenvalue weighted by molar-refractivity contribution is 0.590. The molecule has 1 aromatic carbocycles. The predicted octanol–water partition coefficient (Wildman–Crippen LogP) is 3.28. The second-order valence-electron chi connectivity index (χ2n) is 5.83. The highest BCUT2D eigenvalue weighted by molar-refractivity contribution is 5.36. The smallest absolute Gasteiger partial charge is 0.0766 e. The van der Waals surface area contributed by atoms with Crippen molar-refractivity contribution in [1.29, 1.82) is 0 Å². The molecule has 0 saturated carbocycles. The third kappa shape index (κ3) is 3.44. The number of hydrogen-bond donors (Lipinski definition) is 1. The third-order valence-corrected chi connectivity index (χ3v) is 3.20. The molecule has 0 saturated heterocycles. The molecule has 0 aliphatic carbocycles. The lowest BCUT2D eigenvalue weighted by Gasteiger charge is -2.19. The normalized spacial score (nSPS) is 11.8. The van der Waals surface area contributed by atoms with Gasteiger partial charge in [-0.25, -0.2) is 4.68 Å². The van der Waals surface area contributed by atoms with Crippen molar-refractivity contribution in [3.05, 3.63) is 47.8 Å². The highest BCUT2D eigenvalue weighted by atomic mass is 15.3. The zero-order chi connectivity index (χ0) is 13.9. The van der Waals surface area contributed by atoms with E-state index in [2.05, 4.69) is 68.4 Å². The molecule has 0 bridgehead atoms. The Kier molecular flexibility index (Phi) is 4.05. The monoisotopic (exact) mass is 257 g/mol. The molecule has 2 rings (SSSR count). The van der Waals surface area contributed by atoms with Gasteiger partial charge in [-0.2, -0.15) is 5.10 Å². The number of aromatic nitrogens is 2. The molecule has 1 N–H and O–H groups in total. The van der Waals surface area contributed by atoms with E-state index in [1.165, 1.54) is 5.56 Å². The van der Waals surface area contributed by atoms with E-state index in [0.717, 1.165) is 24.5 Å². The van der Waals surface area contributed by atoms with Crippen molar-refractivity contribution in [2.75, 3.05) is 6.54 Å². The van der Waals surface area contributed by atoms with Crippen LogP contribution in [0.2, 0.25) is 0 Å². The van der Waals surface area contributed by atoms with Gasteiger partial charge in [-0.3, -0.25) is 0 Å². The maximum atomic E-state index is 4.56. The van der Waals surface area contributed by atoms with Gasteiger partial charge in [0, 0.05) is 12.7 Å². The molecular weight excluding hydrogens is 234 g/mol. The van der Waals surface area contributed by atoms with Gasteiger partial charge in [-0.05, 0) is 35.7 Å². The van der Waals surface area contributed by atoms with Crippen LogP contribution in [-0.4, -0.2) is 16.3 Å². The van der Waals surface area contributed by atoms with Gasteiger partial charge in [0.05, 0.1) is 11.4 Å². The molecule has 1 heterocycles. The number of rotatable bonds is 4. The van der Waals surface area contributed by atoms with Crippen molar-refractivity contribution in [3.8, 4) is 5.69 Å². The lowest BCUT2D eigenvalue weighted by atomic mass is 9.87. The fourth-order valence-corrected chi connectivity index (χ4v) is 1.97. The van der Waals surface area contributed by atoms with Crippen molar-refractivity contribution >= 4 is 0 Å². The summed E-state index contributed by atoms with van der Waals surface area (Å²) < 4.78 is 1.93. The second kappa shape index (κ2) is 5.57. The van der Waals surface area contributed by atoms with Crippen molar-refractivity contribution in [2.24, 2.45) is 0 Å². The summed E-state index contributed by atoms with van der Waals surface area (Å²) in [6, 6.07) is 10.7. The number of hydrogen-bond acceptors (Lipinski definition) is 2. The van der Waals surface area contributed by atoms with Crippen molar-refractivity contribution in [1.82, 2.24) is 15.1 Å². The van der Waals surface area contributed by atoms with E-state index in [9.17, 15) is 0 Å². The first kappa shape index (κ1) is 13.8. The fourth-order valence-electron chi connectivity index (χ4n) is 1.97. The fraction of sp³-hybridized carbons (Fsp3) is 0.438. The summed E-state index contributed by atoms with van der Waals surface area (Å²) in [7, 11) is 0. The van der Waals surface area contributed by atoms with Crippen molar-refractivity contribution < 1.29 is 0 Å². The molecule has 3 heteroatoms. The summed E-state index contributed by atoms with van der Waals surface area (Å²) in [5, 5.41) is 7.85. The minimum atomic E-state index is 0.193. The van der Waals surface area contributed by atoms with E-state index in [4.69, 9.17) is 0 Å². The Bertz CT molecular complexity index is 518. The molecule has 0 unspecified atom stereocenters. The molecule has 1 aromatic heterocycles. The third-order valence-electron chi connectivity index (χ3n) is 3.20. The Morgan fingerprint density at radius 1 is 1.11 bits per heavy atom. The topological polar surface area (TPSA) is 29.9 Å². The first-order valence-corrected chi connectivity index (χ1v) is 6.87. The molecule has 0 fully saturated rings. The quantitative estimate of drug-likeness (QED) is 0.911. The molecule has 102 valence electrons. The molecule has 2 aromatic rings. The van der Waals surface area contributed by atoms with E-state index >= 15 is 0 Å². The summed E-state index contributed by atoms with van der Waals surface area (Å²) >= 11 is 0. The maximum absolute atomic E-state index is 4.56. The largest absolute Gasteiger partial charge is 0.311 e. The van der Waals surface area contributed by atoms with E-state index in [-0.39, 0.29) is 5.41 Å². The van der Waals surface area contributed by atoms with Crippen LogP contribution in [0.25, 0.3) is 5.69 Å². The van der Waals surface area contributed by atoms with Crippen LogP contribution in [-0.2, 0) is 12.0 Å². The molecular formula is C16H23N3. The standard InChI is InChI=1S/C16H23N3/c1-5-17-12-14-10-11-19(18-14)15-8-6-13(7-9-15)16(2,3)4/h6-11,17H,5,12H2,1-4H3. The average molecular weight is 257 g/mol.